The lowest BCUT2D eigenvalue weighted by Gasteiger charge is -2.16. The number of rotatable bonds is 7. The molecule has 2 aromatic carbocycles. The van der Waals surface area contributed by atoms with Crippen molar-refractivity contribution in [2.24, 2.45) is 0 Å². The van der Waals surface area contributed by atoms with Crippen LogP contribution in [0, 0.1) is 0 Å². The number of aliphatic hydroxyl groups is 1. The molecule has 1 heterocycles. The number of nitrogens with zero attached hydrogens (tertiary/aromatic N) is 2. The number of aromatic nitrogens is 2. The molecule has 0 bridgehead atoms. The van der Waals surface area contributed by atoms with Crippen LogP contribution in [0.4, 0.5) is 13.2 Å². The Kier molecular flexibility index (Phi) is 6.07. The maximum Gasteiger partial charge on any atom is 0.449 e. The molecule has 0 fully saturated rings. The Bertz CT molecular complexity index is 984. The third-order valence-corrected chi connectivity index (χ3v) is 4.11. The van der Waals surface area contributed by atoms with Crippen LogP contribution in [0.2, 0.25) is 0 Å². The zero-order valence-corrected chi connectivity index (χ0v) is 15.5. The summed E-state index contributed by atoms with van der Waals surface area (Å²) >= 11 is 0. The van der Waals surface area contributed by atoms with E-state index >= 15 is 0 Å². The predicted octanol–water partition coefficient (Wildman–Crippen LogP) is 3.67. The zero-order valence-electron chi connectivity index (χ0n) is 15.5. The van der Waals surface area contributed by atoms with Crippen molar-refractivity contribution in [1.29, 1.82) is 0 Å². The van der Waals surface area contributed by atoms with Gasteiger partial charge in [0.05, 0.1) is 29.7 Å². The summed E-state index contributed by atoms with van der Waals surface area (Å²) in [4.78, 5) is 15.3. The van der Waals surface area contributed by atoms with E-state index < -0.39 is 24.1 Å². The molecular weight excluding hydrogens is 389 g/mol. The van der Waals surface area contributed by atoms with Gasteiger partial charge in [0, 0.05) is 0 Å². The second-order valence-corrected chi connectivity index (χ2v) is 6.24. The van der Waals surface area contributed by atoms with Crippen LogP contribution in [-0.4, -0.2) is 39.9 Å². The first-order valence-electron chi connectivity index (χ1n) is 8.90. The Morgan fingerprint density at radius 3 is 2.52 bits per heavy atom. The summed E-state index contributed by atoms with van der Waals surface area (Å²) in [5.41, 5.74) is 0.819. The smallest absolute Gasteiger partial charge is 0.449 e. The average Bonchev–Trinajstić information content (AvgIpc) is 3.06. The molecule has 0 amide bonds. The Hall–Kier alpha value is -3.07. The molecule has 1 N–H and O–H groups in total. The van der Waals surface area contributed by atoms with Crippen LogP contribution >= 0.6 is 0 Å². The number of alkyl halides is 3. The van der Waals surface area contributed by atoms with Gasteiger partial charge in [-0.2, -0.15) is 13.2 Å². The van der Waals surface area contributed by atoms with Crippen LogP contribution in [0.25, 0.3) is 11.0 Å². The largest absolute Gasteiger partial charge is 0.491 e. The molecule has 0 saturated heterocycles. The molecule has 1 atom stereocenters. The number of esters is 1. The van der Waals surface area contributed by atoms with E-state index in [0.29, 0.717) is 11.3 Å². The Balaban J connectivity index is 1.68. The second kappa shape index (κ2) is 8.52. The Morgan fingerprint density at radius 2 is 1.86 bits per heavy atom. The lowest BCUT2D eigenvalue weighted by molar-refractivity contribution is -0.147. The standard InChI is InChI=1S/C20H19F3N2O4/c1-2-28-18(27)13-7-9-15(10-8-13)29-12-14(26)11-25-17-6-4-3-5-16(17)24-19(25)20(21,22)23/h3-10,14,26H,2,11-12H2,1H3. The van der Waals surface area contributed by atoms with Gasteiger partial charge in [-0.3, -0.25) is 0 Å². The van der Waals surface area contributed by atoms with E-state index in [4.69, 9.17) is 9.47 Å². The molecule has 1 aromatic heterocycles. The predicted molar refractivity (Wildman–Crippen MR) is 98.6 cm³/mol. The number of hydrogen-bond acceptors (Lipinski definition) is 5. The van der Waals surface area contributed by atoms with E-state index in [0.717, 1.165) is 4.57 Å². The third-order valence-electron chi connectivity index (χ3n) is 4.11. The van der Waals surface area contributed by atoms with E-state index in [1.165, 1.54) is 36.4 Å². The maximum atomic E-state index is 13.3. The summed E-state index contributed by atoms with van der Waals surface area (Å²) in [5, 5.41) is 10.2. The lowest BCUT2D eigenvalue weighted by Crippen LogP contribution is -2.26. The first-order valence-corrected chi connectivity index (χ1v) is 8.90. The number of aliphatic hydroxyl groups excluding tert-OH is 1. The van der Waals surface area contributed by atoms with Crippen LogP contribution in [0.1, 0.15) is 23.1 Å². The molecule has 0 radical (unpaired) electrons. The van der Waals surface area contributed by atoms with Gasteiger partial charge in [0.15, 0.2) is 0 Å². The highest BCUT2D eigenvalue weighted by Crippen LogP contribution is 2.31. The number of ether oxygens (including phenoxy) is 2. The van der Waals surface area contributed by atoms with Crippen LogP contribution in [0.5, 0.6) is 5.75 Å². The summed E-state index contributed by atoms with van der Waals surface area (Å²) in [7, 11) is 0. The first-order chi connectivity index (χ1) is 13.8. The van der Waals surface area contributed by atoms with Gasteiger partial charge < -0.3 is 19.1 Å². The molecule has 154 valence electrons. The van der Waals surface area contributed by atoms with E-state index in [9.17, 15) is 23.1 Å². The SMILES string of the molecule is CCOC(=O)c1ccc(OCC(O)Cn2c(C(F)(F)F)nc3ccccc32)cc1. The summed E-state index contributed by atoms with van der Waals surface area (Å²) in [5.74, 6) is -1.18. The number of halogens is 3. The van der Waals surface area contributed by atoms with E-state index in [2.05, 4.69) is 4.98 Å². The molecule has 0 aliphatic heterocycles. The molecule has 0 aliphatic rings. The zero-order chi connectivity index (χ0) is 21.0. The van der Waals surface area contributed by atoms with E-state index in [-0.39, 0.29) is 30.8 Å². The van der Waals surface area contributed by atoms with Gasteiger partial charge in [-0.05, 0) is 43.3 Å². The van der Waals surface area contributed by atoms with E-state index in [1.807, 2.05) is 0 Å². The number of fused-ring (bicyclic) bond motifs is 1. The Labute approximate surface area is 164 Å². The summed E-state index contributed by atoms with van der Waals surface area (Å²) in [6.07, 6.45) is -5.86. The van der Waals surface area contributed by atoms with Gasteiger partial charge >= 0.3 is 12.1 Å². The van der Waals surface area contributed by atoms with Crippen LogP contribution in [0.15, 0.2) is 48.5 Å². The fraction of sp³-hybridized carbons (Fsp3) is 0.300. The molecule has 3 rings (SSSR count). The lowest BCUT2D eigenvalue weighted by atomic mass is 10.2. The first kappa shape index (κ1) is 20.7. The highest BCUT2D eigenvalue weighted by atomic mass is 19.4. The molecule has 9 heteroatoms. The molecule has 6 nitrogen and oxygen atoms in total. The van der Waals surface area contributed by atoms with Gasteiger partial charge in [0.2, 0.25) is 5.82 Å². The van der Waals surface area contributed by atoms with Gasteiger partial charge in [0.1, 0.15) is 18.5 Å². The maximum absolute atomic E-state index is 13.3. The summed E-state index contributed by atoms with van der Waals surface area (Å²) in [6.45, 7) is 1.38. The van der Waals surface area contributed by atoms with Crippen molar-refractivity contribution >= 4 is 17.0 Å². The number of imidazole rings is 1. The Morgan fingerprint density at radius 1 is 1.17 bits per heavy atom. The second-order valence-electron chi connectivity index (χ2n) is 6.24. The van der Waals surface area contributed by atoms with Crippen molar-refractivity contribution in [2.45, 2.75) is 25.7 Å². The van der Waals surface area contributed by atoms with Gasteiger partial charge in [0.25, 0.3) is 0 Å². The molecule has 0 aliphatic carbocycles. The topological polar surface area (TPSA) is 73.6 Å². The number of benzene rings is 2. The van der Waals surface area contributed by atoms with Crippen molar-refractivity contribution in [3.8, 4) is 5.75 Å². The minimum absolute atomic E-state index is 0.197. The molecule has 0 saturated carbocycles. The normalized spacial score (nSPS) is 12.7. The van der Waals surface area contributed by atoms with Crippen molar-refractivity contribution < 1.29 is 32.5 Å². The molecule has 3 aromatic rings. The molecular formula is C20H19F3N2O4. The average molecular weight is 408 g/mol. The summed E-state index contributed by atoms with van der Waals surface area (Å²) < 4.78 is 51.2. The number of para-hydroxylation sites is 2. The van der Waals surface area contributed by atoms with Gasteiger partial charge in [-0.1, -0.05) is 12.1 Å². The van der Waals surface area contributed by atoms with E-state index in [1.54, 1.807) is 19.1 Å². The van der Waals surface area contributed by atoms with Gasteiger partial charge in [-0.15, -0.1) is 0 Å². The molecule has 1 unspecified atom stereocenters. The van der Waals surface area contributed by atoms with Crippen molar-refractivity contribution in [3.63, 3.8) is 0 Å². The fourth-order valence-electron chi connectivity index (χ4n) is 2.83. The summed E-state index contributed by atoms with van der Waals surface area (Å²) in [6, 6.07) is 12.2. The monoisotopic (exact) mass is 408 g/mol. The third kappa shape index (κ3) is 4.86. The highest BCUT2D eigenvalue weighted by Gasteiger charge is 2.37. The van der Waals surface area contributed by atoms with Gasteiger partial charge in [-0.25, -0.2) is 9.78 Å². The molecule has 0 spiro atoms. The van der Waals surface area contributed by atoms with Crippen LogP contribution in [0.3, 0.4) is 0 Å². The van der Waals surface area contributed by atoms with Crippen molar-refractivity contribution in [1.82, 2.24) is 9.55 Å². The van der Waals surface area contributed by atoms with Crippen molar-refractivity contribution in [2.75, 3.05) is 13.2 Å². The number of carbonyl (C=O) groups excluding carboxylic acids is 1. The minimum Gasteiger partial charge on any atom is -0.491 e. The van der Waals surface area contributed by atoms with Crippen LogP contribution in [-0.2, 0) is 17.5 Å². The molecule has 29 heavy (non-hydrogen) atoms. The van der Waals surface area contributed by atoms with Crippen molar-refractivity contribution in [3.05, 3.63) is 59.9 Å². The number of hydrogen-bond donors (Lipinski definition) is 1. The van der Waals surface area contributed by atoms with Crippen LogP contribution < -0.4 is 4.74 Å². The highest BCUT2D eigenvalue weighted by molar-refractivity contribution is 5.89. The number of carbonyl (C=O) groups is 1. The fourth-order valence-corrected chi connectivity index (χ4v) is 2.83. The quantitative estimate of drug-likeness (QED) is 0.604. The minimum atomic E-state index is -4.65.